The van der Waals surface area contributed by atoms with E-state index < -0.39 is 0 Å². The molecular weight excluding hydrogens is 394 g/mol. The number of likely N-dealkylation sites (N-methyl/N-ethyl adjacent to an activating group) is 1. The fourth-order valence-corrected chi connectivity index (χ4v) is 4.66. The van der Waals surface area contributed by atoms with E-state index in [1.54, 1.807) is 11.3 Å². The number of guanidine groups is 1. The molecule has 2 aliphatic heterocycles. The van der Waals surface area contributed by atoms with Gasteiger partial charge in [-0.2, -0.15) is 0 Å². The number of aryl methyl sites for hydroxylation is 1. The molecule has 0 radical (unpaired) electrons. The van der Waals surface area contributed by atoms with Crippen molar-refractivity contribution in [1.29, 1.82) is 0 Å². The summed E-state index contributed by atoms with van der Waals surface area (Å²) in [5.41, 5.74) is 3.32. The Morgan fingerprint density at radius 2 is 2.00 bits per heavy atom. The van der Waals surface area contributed by atoms with Crippen molar-refractivity contribution in [3.05, 3.63) is 57.3 Å². The summed E-state index contributed by atoms with van der Waals surface area (Å²) >= 11 is 1.58. The number of aliphatic imine (C=N–C) groups is 1. The highest BCUT2D eigenvalue weighted by Gasteiger charge is 2.23. The zero-order valence-corrected chi connectivity index (χ0v) is 18.5. The van der Waals surface area contributed by atoms with Gasteiger partial charge in [0.2, 0.25) is 0 Å². The van der Waals surface area contributed by atoms with Crippen LogP contribution in [0.4, 0.5) is 5.69 Å². The second-order valence-corrected chi connectivity index (χ2v) is 8.90. The minimum absolute atomic E-state index is 0.143. The molecule has 0 aliphatic carbocycles. The van der Waals surface area contributed by atoms with Crippen LogP contribution in [0, 0.1) is 6.92 Å². The van der Waals surface area contributed by atoms with Crippen molar-refractivity contribution < 1.29 is 4.79 Å². The van der Waals surface area contributed by atoms with Gasteiger partial charge in [0, 0.05) is 43.3 Å². The molecule has 0 bridgehead atoms. The summed E-state index contributed by atoms with van der Waals surface area (Å²) in [6.45, 7) is 6.87. The summed E-state index contributed by atoms with van der Waals surface area (Å²) in [6, 6.07) is 10.2. The van der Waals surface area contributed by atoms with Crippen LogP contribution in [-0.2, 0) is 6.54 Å². The molecule has 2 aliphatic rings. The molecule has 6 nitrogen and oxygen atoms in total. The van der Waals surface area contributed by atoms with Crippen LogP contribution < -0.4 is 10.6 Å². The van der Waals surface area contributed by atoms with Crippen molar-refractivity contribution in [3.8, 4) is 0 Å². The molecule has 30 heavy (non-hydrogen) atoms. The Morgan fingerprint density at radius 1 is 1.20 bits per heavy atom. The number of rotatable bonds is 2. The number of nitrogens with zero attached hydrogens (tertiary/aromatic N) is 3. The van der Waals surface area contributed by atoms with Crippen molar-refractivity contribution in [2.75, 3.05) is 45.1 Å². The summed E-state index contributed by atoms with van der Waals surface area (Å²) in [7, 11) is 2.10. The van der Waals surface area contributed by atoms with E-state index in [1.165, 1.54) is 5.56 Å². The molecule has 0 atom stereocenters. The molecular formula is C23H29N5OS. The molecule has 0 unspecified atom stereocenters. The summed E-state index contributed by atoms with van der Waals surface area (Å²) < 4.78 is 0. The van der Waals surface area contributed by atoms with E-state index in [0.29, 0.717) is 6.54 Å². The molecule has 2 N–H and O–H groups in total. The minimum atomic E-state index is 0.143. The minimum Gasteiger partial charge on any atom is -0.356 e. The average molecular weight is 424 g/mol. The second-order valence-electron chi connectivity index (χ2n) is 7.82. The van der Waals surface area contributed by atoms with Crippen LogP contribution in [0.2, 0.25) is 0 Å². The number of hydrogen-bond acceptors (Lipinski definition) is 6. The van der Waals surface area contributed by atoms with Gasteiger partial charge in [0.25, 0.3) is 5.91 Å². The molecule has 4 rings (SSSR count). The molecule has 1 aromatic heterocycles. The van der Waals surface area contributed by atoms with Crippen LogP contribution >= 0.6 is 11.3 Å². The molecule has 1 aromatic carbocycles. The fourth-order valence-electron chi connectivity index (χ4n) is 3.59. The van der Waals surface area contributed by atoms with Crippen LogP contribution in [0.5, 0.6) is 0 Å². The predicted octanol–water partition coefficient (Wildman–Crippen LogP) is 3.42. The number of para-hydroxylation sites is 1. The molecule has 2 aromatic rings. The Balaban J connectivity index is 1.53. The fraction of sp³-hybridized carbons (Fsp3) is 0.391. The predicted molar refractivity (Wildman–Crippen MR) is 125 cm³/mol. The Labute approximate surface area is 182 Å². The van der Waals surface area contributed by atoms with Gasteiger partial charge in [0.1, 0.15) is 0 Å². The van der Waals surface area contributed by atoms with Gasteiger partial charge in [0.15, 0.2) is 5.96 Å². The largest absolute Gasteiger partial charge is 0.356 e. The lowest BCUT2D eigenvalue weighted by molar-refractivity contribution is 0.0669. The van der Waals surface area contributed by atoms with E-state index in [1.807, 2.05) is 23.1 Å². The van der Waals surface area contributed by atoms with E-state index >= 15 is 0 Å². The van der Waals surface area contributed by atoms with Gasteiger partial charge < -0.3 is 20.4 Å². The molecule has 1 saturated heterocycles. The molecule has 0 saturated carbocycles. The summed E-state index contributed by atoms with van der Waals surface area (Å²) in [6.07, 6.45) is 5.20. The number of piperazine rings is 1. The monoisotopic (exact) mass is 423 g/mol. The van der Waals surface area contributed by atoms with Gasteiger partial charge in [-0.15, -0.1) is 11.3 Å². The van der Waals surface area contributed by atoms with Gasteiger partial charge in [0.05, 0.1) is 11.4 Å². The highest BCUT2D eigenvalue weighted by molar-refractivity contribution is 7.15. The maximum Gasteiger partial charge on any atom is 0.264 e. The van der Waals surface area contributed by atoms with Crippen molar-refractivity contribution in [2.24, 2.45) is 4.99 Å². The number of thiophene rings is 1. The Morgan fingerprint density at radius 3 is 2.80 bits per heavy atom. The third-order valence-electron chi connectivity index (χ3n) is 5.52. The highest BCUT2D eigenvalue weighted by Crippen LogP contribution is 2.27. The third-order valence-corrected chi connectivity index (χ3v) is 6.65. The summed E-state index contributed by atoms with van der Waals surface area (Å²) in [5, 5.41) is 6.81. The molecule has 3 heterocycles. The van der Waals surface area contributed by atoms with Gasteiger partial charge >= 0.3 is 0 Å². The van der Waals surface area contributed by atoms with Crippen molar-refractivity contribution >= 4 is 35.0 Å². The molecule has 1 fully saturated rings. The van der Waals surface area contributed by atoms with E-state index in [0.717, 1.165) is 66.1 Å². The second kappa shape index (κ2) is 9.45. The Bertz CT molecular complexity index is 956. The van der Waals surface area contributed by atoms with E-state index in [-0.39, 0.29) is 5.91 Å². The SMILES string of the molecule is Cc1ccccc1NC1=NCc2cc(C(=O)N3CCN(C)CC3)sc2/C=C\CCN1. The topological polar surface area (TPSA) is 60.0 Å². The van der Waals surface area contributed by atoms with E-state index in [4.69, 9.17) is 4.99 Å². The van der Waals surface area contributed by atoms with Crippen LogP contribution in [0.25, 0.3) is 6.08 Å². The standard InChI is InChI=1S/C23H29N5OS/c1-17-7-3-4-8-19(17)26-23-24-10-6-5-9-20-18(16-25-23)15-21(30-20)22(29)28-13-11-27(2)12-14-28/h3-5,7-9,15H,6,10-14,16H2,1-2H3,(H2,24,25,26)/b9-5-. The van der Waals surface area contributed by atoms with Gasteiger partial charge in [-0.25, -0.2) is 4.99 Å². The first-order chi connectivity index (χ1) is 14.6. The highest BCUT2D eigenvalue weighted by atomic mass is 32.1. The average Bonchev–Trinajstić information content (AvgIpc) is 3.16. The van der Waals surface area contributed by atoms with Crippen molar-refractivity contribution in [3.63, 3.8) is 0 Å². The number of carbonyl (C=O) groups is 1. The first kappa shape index (κ1) is 20.6. The number of anilines is 1. The zero-order chi connectivity index (χ0) is 20.9. The Hall–Kier alpha value is -2.64. The van der Waals surface area contributed by atoms with Gasteiger partial charge in [-0.3, -0.25) is 4.79 Å². The summed E-state index contributed by atoms with van der Waals surface area (Å²) in [5.74, 6) is 0.910. The Kier molecular flexibility index (Phi) is 6.50. The van der Waals surface area contributed by atoms with E-state index in [2.05, 4.69) is 53.8 Å². The van der Waals surface area contributed by atoms with Crippen LogP contribution in [0.15, 0.2) is 41.4 Å². The number of benzene rings is 1. The maximum atomic E-state index is 13.0. The van der Waals surface area contributed by atoms with Crippen LogP contribution in [0.1, 0.15) is 32.1 Å². The third kappa shape index (κ3) is 4.91. The smallest absolute Gasteiger partial charge is 0.264 e. The van der Waals surface area contributed by atoms with Gasteiger partial charge in [-0.05, 0) is 49.7 Å². The lowest BCUT2D eigenvalue weighted by atomic mass is 10.2. The van der Waals surface area contributed by atoms with Gasteiger partial charge in [-0.1, -0.05) is 24.3 Å². The number of nitrogens with one attached hydrogen (secondary N) is 2. The van der Waals surface area contributed by atoms with E-state index in [9.17, 15) is 4.79 Å². The zero-order valence-electron chi connectivity index (χ0n) is 17.6. The van der Waals surface area contributed by atoms with Crippen LogP contribution in [0.3, 0.4) is 0 Å². The molecule has 158 valence electrons. The van der Waals surface area contributed by atoms with Crippen molar-refractivity contribution in [1.82, 2.24) is 15.1 Å². The first-order valence-corrected chi connectivity index (χ1v) is 11.3. The first-order valence-electron chi connectivity index (χ1n) is 10.5. The molecule has 1 amide bonds. The summed E-state index contributed by atoms with van der Waals surface area (Å²) in [4.78, 5) is 24.0. The normalized spacial score (nSPS) is 18.7. The quantitative estimate of drug-likeness (QED) is 0.777. The number of amides is 1. The number of fused-ring (bicyclic) bond motifs is 1. The maximum absolute atomic E-state index is 13.0. The molecule has 0 spiro atoms. The lowest BCUT2D eigenvalue weighted by Crippen LogP contribution is -2.46. The van der Waals surface area contributed by atoms with Crippen molar-refractivity contribution in [2.45, 2.75) is 19.9 Å². The number of hydrogen-bond donors (Lipinski definition) is 2. The number of carbonyl (C=O) groups excluding carboxylic acids is 1. The van der Waals surface area contributed by atoms with Crippen LogP contribution in [-0.4, -0.2) is 61.4 Å². The molecule has 7 heteroatoms. The lowest BCUT2D eigenvalue weighted by Gasteiger charge is -2.32.